The molecule has 70 valence electrons. The van der Waals surface area contributed by atoms with Crippen LogP contribution in [-0.2, 0) is 9.47 Å². The first-order chi connectivity index (χ1) is 6.12. The minimum Gasteiger partial charge on any atom is -0.310 e. The van der Waals surface area contributed by atoms with Crippen LogP contribution in [0.25, 0.3) is 0 Å². The molecule has 0 saturated carbocycles. The third-order valence-electron chi connectivity index (χ3n) is 2.42. The molecule has 0 aliphatic carbocycles. The van der Waals surface area contributed by atoms with Crippen LogP contribution in [0.5, 0.6) is 0 Å². The van der Waals surface area contributed by atoms with Crippen LogP contribution in [0.4, 0.5) is 0 Å². The molecule has 2 aliphatic heterocycles. The molecule has 2 fully saturated rings. The van der Waals surface area contributed by atoms with E-state index >= 15 is 0 Å². The Bertz CT molecular complexity index is 293. The van der Waals surface area contributed by atoms with Crippen molar-refractivity contribution >= 4 is 0 Å². The van der Waals surface area contributed by atoms with Crippen molar-refractivity contribution in [3.8, 4) is 0 Å². The molecule has 0 spiro atoms. The predicted octanol–water partition coefficient (Wildman–Crippen LogP) is 2.39. The number of benzene rings is 1. The maximum atomic E-state index is 4.77. The van der Waals surface area contributed by atoms with Gasteiger partial charge in [0.2, 0.25) is 12.1 Å². The normalized spacial score (nSPS) is 32.7. The highest BCUT2D eigenvalue weighted by Crippen LogP contribution is 2.55. The van der Waals surface area contributed by atoms with Gasteiger partial charge in [0.05, 0.1) is 0 Å². The van der Waals surface area contributed by atoms with Gasteiger partial charge in [-0.1, -0.05) is 24.3 Å². The average Bonchev–Trinajstić information content (AvgIpc) is 2.86. The minimum absolute atomic E-state index is 0.0833. The van der Waals surface area contributed by atoms with E-state index in [2.05, 4.69) is 38.1 Å². The molecular weight excluding hydrogens is 164 g/mol. The van der Waals surface area contributed by atoms with Crippen molar-refractivity contribution in [2.24, 2.45) is 0 Å². The Balaban J connectivity index is 0.000000110. The summed E-state index contributed by atoms with van der Waals surface area (Å²) in [5.74, 6) is -0.0833. The highest BCUT2D eigenvalue weighted by molar-refractivity contribution is 5.23. The van der Waals surface area contributed by atoms with E-state index in [4.69, 9.17) is 9.47 Å². The zero-order chi connectivity index (χ0) is 9.47. The Kier molecular flexibility index (Phi) is 1.90. The minimum atomic E-state index is -0.0833. The van der Waals surface area contributed by atoms with Gasteiger partial charge in [0.1, 0.15) is 0 Å². The van der Waals surface area contributed by atoms with E-state index < -0.39 is 0 Å². The van der Waals surface area contributed by atoms with Gasteiger partial charge in [-0.25, -0.2) is 0 Å². The van der Waals surface area contributed by atoms with Crippen LogP contribution in [0.2, 0.25) is 0 Å². The van der Waals surface area contributed by atoms with E-state index in [1.807, 2.05) is 6.92 Å². The van der Waals surface area contributed by atoms with Crippen molar-refractivity contribution < 1.29 is 9.47 Å². The second-order valence-corrected chi connectivity index (χ2v) is 3.67. The summed E-state index contributed by atoms with van der Waals surface area (Å²) >= 11 is 0. The van der Waals surface area contributed by atoms with E-state index in [0.717, 1.165) is 0 Å². The van der Waals surface area contributed by atoms with E-state index in [1.165, 1.54) is 11.1 Å². The Morgan fingerprint density at radius 1 is 1.08 bits per heavy atom. The lowest BCUT2D eigenvalue weighted by atomic mass is 10.1. The fourth-order valence-corrected chi connectivity index (χ4v) is 1.03. The van der Waals surface area contributed by atoms with Gasteiger partial charge in [-0.2, -0.15) is 0 Å². The zero-order valence-corrected chi connectivity index (χ0v) is 8.20. The Hall–Kier alpha value is -0.860. The predicted molar refractivity (Wildman–Crippen MR) is 50.3 cm³/mol. The third-order valence-corrected chi connectivity index (χ3v) is 2.42. The third kappa shape index (κ3) is 1.90. The summed E-state index contributed by atoms with van der Waals surface area (Å²) in [6.07, 6.45) is 0.197. The van der Waals surface area contributed by atoms with Crippen molar-refractivity contribution in [2.75, 3.05) is 0 Å². The van der Waals surface area contributed by atoms with Gasteiger partial charge >= 0.3 is 0 Å². The number of aryl methyl sites for hydroxylation is 2. The number of hydrogen-bond donors (Lipinski definition) is 0. The SMILES string of the molecule is CC12OC1O2.Cc1ccccc1C. The summed E-state index contributed by atoms with van der Waals surface area (Å²) < 4.78 is 9.54. The fraction of sp³-hybridized carbons (Fsp3) is 0.455. The van der Waals surface area contributed by atoms with E-state index in [-0.39, 0.29) is 12.1 Å². The quantitative estimate of drug-likeness (QED) is 0.570. The molecule has 0 atom stereocenters. The summed E-state index contributed by atoms with van der Waals surface area (Å²) in [6, 6.07) is 8.36. The fourth-order valence-electron chi connectivity index (χ4n) is 1.03. The first kappa shape index (κ1) is 8.73. The van der Waals surface area contributed by atoms with E-state index in [0.29, 0.717) is 0 Å². The number of hydrogen-bond acceptors (Lipinski definition) is 2. The maximum absolute atomic E-state index is 4.77. The number of rotatable bonds is 0. The molecule has 2 heterocycles. The van der Waals surface area contributed by atoms with Crippen LogP contribution >= 0.6 is 0 Å². The second-order valence-electron chi connectivity index (χ2n) is 3.67. The molecule has 1 aromatic carbocycles. The topological polar surface area (TPSA) is 25.1 Å². The van der Waals surface area contributed by atoms with Crippen molar-refractivity contribution in [1.82, 2.24) is 0 Å². The van der Waals surface area contributed by atoms with Gasteiger partial charge in [0.25, 0.3) is 0 Å². The van der Waals surface area contributed by atoms with Gasteiger partial charge in [0, 0.05) is 0 Å². The number of fused-ring (bicyclic) bond motifs is 1. The first-order valence-electron chi connectivity index (χ1n) is 4.50. The maximum Gasteiger partial charge on any atom is 0.223 e. The Morgan fingerprint density at radius 3 is 1.54 bits per heavy atom. The molecule has 1 aromatic rings. The van der Waals surface area contributed by atoms with Crippen molar-refractivity contribution in [3.63, 3.8) is 0 Å². The molecule has 2 nitrogen and oxygen atoms in total. The summed E-state index contributed by atoms with van der Waals surface area (Å²) in [5.41, 5.74) is 2.74. The van der Waals surface area contributed by atoms with Crippen LogP contribution in [0, 0.1) is 13.8 Å². The zero-order valence-electron chi connectivity index (χ0n) is 8.20. The Morgan fingerprint density at radius 2 is 1.38 bits per heavy atom. The molecule has 0 radical (unpaired) electrons. The largest absolute Gasteiger partial charge is 0.310 e. The smallest absolute Gasteiger partial charge is 0.223 e. The van der Waals surface area contributed by atoms with Crippen LogP contribution in [0.1, 0.15) is 18.1 Å². The summed E-state index contributed by atoms with van der Waals surface area (Å²) in [7, 11) is 0. The van der Waals surface area contributed by atoms with Gasteiger partial charge in [-0.05, 0) is 31.9 Å². The molecule has 0 aromatic heterocycles. The monoisotopic (exact) mass is 178 g/mol. The van der Waals surface area contributed by atoms with Crippen LogP contribution in [0.3, 0.4) is 0 Å². The molecule has 0 bridgehead atoms. The Labute approximate surface area is 78.5 Å². The summed E-state index contributed by atoms with van der Waals surface area (Å²) in [5, 5.41) is 0. The average molecular weight is 178 g/mol. The highest BCUT2D eigenvalue weighted by Gasteiger charge is 2.73. The lowest BCUT2D eigenvalue weighted by Crippen LogP contribution is -1.85. The molecule has 3 rings (SSSR count). The molecular formula is C11H14O2. The van der Waals surface area contributed by atoms with Gasteiger partial charge in [0.15, 0.2) is 0 Å². The molecule has 2 aliphatic rings. The molecule has 0 unspecified atom stereocenters. The second kappa shape index (κ2) is 2.82. The van der Waals surface area contributed by atoms with Crippen molar-refractivity contribution in [2.45, 2.75) is 32.8 Å². The van der Waals surface area contributed by atoms with Gasteiger partial charge < -0.3 is 9.47 Å². The molecule has 0 amide bonds. The van der Waals surface area contributed by atoms with Crippen LogP contribution < -0.4 is 0 Å². The first-order valence-corrected chi connectivity index (χ1v) is 4.50. The number of epoxide rings is 2. The molecule has 2 heteroatoms. The van der Waals surface area contributed by atoms with Crippen LogP contribution in [-0.4, -0.2) is 12.1 Å². The lowest BCUT2D eigenvalue weighted by molar-refractivity contribution is -0.0403. The van der Waals surface area contributed by atoms with Crippen LogP contribution in [0.15, 0.2) is 24.3 Å². The molecule has 0 N–H and O–H groups in total. The molecule has 2 saturated heterocycles. The lowest BCUT2D eigenvalue weighted by Gasteiger charge is -1.93. The van der Waals surface area contributed by atoms with Crippen molar-refractivity contribution in [3.05, 3.63) is 35.4 Å². The molecule has 13 heavy (non-hydrogen) atoms. The highest BCUT2D eigenvalue weighted by atomic mass is 17.0. The van der Waals surface area contributed by atoms with Gasteiger partial charge in [-0.3, -0.25) is 0 Å². The number of ether oxygens (including phenoxy) is 2. The van der Waals surface area contributed by atoms with E-state index in [1.54, 1.807) is 0 Å². The standard InChI is InChI=1S/C8H10.C3H4O2/c1-7-5-3-4-6-8(7)2;1-3-2(4-3)5-3/h3-6H,1-2H3;2H,1H3. The summed E-state index contributed by atoms with van der Waals surface area (Å²) in [6.45, 7) is 6.17. The summed E-state index contributed by atoms with van der Waals surface area (Å²) in [4.78, 5) is 0. The van der Waals surface area contributed by atoms with E-state index in [9.17, 15) is 0 Å². The van der Waals surface area contributed by atoms with Crippen molar-refractivity contribution in [1.29, 1.82) is 0 Å². The van der Waals surface area contributed by atoms with Gasteiger partial charge in [-0.15, -0.1) is 0 Å².